The molecule has 0 saturated carbocycles. The topological polar surface area (TPSA) is 158 Å². The van der Waals surface area contributed by atoms with Gasteiger partial charge in [0.05, 0.1) is 5.34 Å². The Balaban J connectivity index is 2.45. The summed E-state index contributed by atoms with van der Waals surface area (Å²) in [5, 5.41) is 27.5. The van der Waals surface area contributed by atoms with Gasteiger partial charge in [0, 0.05) is 0 Å². The summed E-state index contributed by atoms with van der Waals surface area (Å²) in [6.07, 6.45) is 0. The van der Waals surface area contributed by atoms with Crippen LogP contribution in [0.5, 0.6) is 0 Å². The Morgan fingerprint density at radius 3 is 1.77 bits per heavy atom. The number of rotatable bonds is 5. The average Bonchev–Trinajstić information content (AvgIpc) is 2.35. The van der Waals surface area contributed by atoms with Gasteiger partial charge in [0.15, 0.2) is 10.1 Å². The molecule has 0 aromatic heterocycles. The molecular formula is C6H8F2N6O8. The molecule has 2 fully saturated rings. The first-order valence-electron chi connectivity index (χ1n) is 5.53. The van der Waals surface area contributed by atoms with E-state index in [0.29, 0.717) is 0 Å². The number of ether oxygens (including phenoxy) is 1. The Kier molecular flexibility index (Phi) is 3.57. The zero-order valence-corrected chi connectivity index (χ0v) is 10.5. The van der Waals surface area contributed by atoms with Gasteiger partial charge < -0.3 is 4.74 Å². The highest BCUT2D eigenvalue weighted by molar-refractivity contribution is 4.95. The lowest BCUT2D eigenvalue weighted by atomic mass is 10.0. The largest absolute Gasteiger partial charge is 0.315 e. The summed E-state index contributed by atoms with van der Waals surface area (Å²) in [4.78, 5) is 36.3. The molecule has 0 aromatic carbocycles. The lowest BCUT2D eigenvalue weighted by molar-refractivity contribution is -0.820. The molecule has 16 heteroatoms. The SMILES string of the molecule is O=[N+]([O-])OC12CN([N+](=O)[O-])CC(N(F)F)(CN([N+](=O)[O-])C1)O2. The molecular weight excluding hydrogens is 322 g/mol. The predicted octanol–water partition coefficient (Wildman–Crippen LogP) is -1.31. The van der Waals surface area contributed by atoms with Gasteiger partial charge in [-0.05, 0) is 0 Å². The molecule has 2 rings (SSSR count). The molecule has 0 aromatic rings. The Bertz CT molecular complexity index is 491. The molecule has 0 spiro atoms. The molecule has 124 valence electrons. The zero-order chi connectivity index (χ0) is 16.7. The van der Waals surface area contributed by atoms with Crippen LogP contribution in [0.2, 0.25) is 0 Å². The summed E-state index contributed by atoms with van der Waals surface area (Å²) in [6, 6.07) is 0. The van der Waals surface area contributed by atoms with Gasteiger partial charge in [-0.1, -0.05) is 8.96 Å². The Hall–Kier alpha value is -2.62. The smallest absolute Gasteiger partial charge is 0.297 e. The number of nitro groups is 2. The third-order valence-corrected chi connectivity index (χ3v) is 3.09. The van der Waals surface area contributed by atoms with Crippen molar-refractivity contribution in [2.75, 3.05) is 26.2 Å². The lowest BCUT2D eigenvalue weighted by Gasteiger charge is -2.50. The van der Waals surface area contributed by atoms with E-state index in [0.717, 1.165) is 0 Å². The fourth-order valence-electron chi connectivity index (χ4n) is 2.40. The minimum atomic E-state index is -2.83. The first-order chi connectivity index (χ1) is 10.1. The van der Waals surface area contributed by atoms with Crippen molar-refractivity contribution in [3.05, 3.63) is 30.3 Å². The second-order valence-electron chi connectivity index (χ2n) is 4.63. The number of hydrogen-bond acceptors (Lipinski definition) is 9. The molecule has 0 amide bonds. The van der Waals surface area contributed by atoms with Crippen LogP contribution in [0.1, 0.15) is 0 Å². The third kappa shape index (κ3) is 2.60. The van der Waals surface area contributed by atoms with E-state index in [2.05, 4.69) is 4.84 Å². The fourth-order valence-corrected chi connectivity index (χ4v) is 2.40. The van der Waals surface area contributed by atoms with Gasteiger partial charge in [-0.25, -0.2) is 20.2 Å². The highest BCUT2D eigenvalue weighted by Crippen LogP contribution is 2.38. The average molecular weight is 330 g/mol. The summed E-state index contributed by atoms with van der Waals surface area (Å²) >= 11 is 0. The molecule has 0 aliphatic carbocycles. The van der Waals surface area contributed by atoms with Crippen LogP contribution in [0, 0.1) is 30.3 Å². The third-order valence-electron chi connectivity index (χ3n) is 3.09. The van der Waals surface area contributed by atoms with Crippen LogP contribution >= 0.6 is 0 Å². The van der Waals surface area contributed by atoms with Gasteiger partial charge in [0.1, 0.15) is 26.2 Å². The molecule has 2 aliphatic rings. The van der Waals surface area contributed by atoms with Gasteiger partial charge in [0.2, 0.25) is 5.72 Å². The second kappa shape index (κ2) is 4.98. The van der Waals surface area contributed by atoms with Crippen molar-refractivity contribution in [2.24, 2.45) is 0 Å². The van der Waals surface area contributed by atoms with Crippen LogP contribution in [-0.2, 0) is 9.57 Å². The van der Waals surface area contributed by atoms with Crippen LogP contribution in [0.25, 0.3) is 0 Å². The molecule has 2 saturated heterocycles. The normalized spacial score (nSPS) is 31.0. The van der Waals surface area contributed by atoms with Crippen molar-refractivity contribution in [1.29, 1.82) is 0 Å². The predicted molar refractivity (Wildman–Crippen MR) is 55.8 cm³/mol. The van der Waals surface area contributed by atoms with E-state index in [1.807, 2.05) is 0 Å². The lowest BCUT2D eigenvalue weighted by Crippen LogP contribution is -2.77. The molecule has 0 radical (unpaired) electrons. The van der Waals surface area contributed by atoms with Crippen molar-refractivity contribution in [3.8, 4) is 0 Å². The number of halogens is 2. The number of hydrazine groups is 2. The molecule has 2 heterocycles. The van der Waals surface area contributed by atoms with E-state index in [9.17, 15) is 39.3 Å². The van der Waals surface area contributed by atoms with Gasteiger partial charge in [0.25, 0.3) is 10.9 Å². The Morgan fingerprint density at radius 1 is 1.00 bits per heavy atom. The standard InChI is InChI=1S/C6H8F2N6O8/c7-11(8)5-1-9(12(15)16)3-6(21-5,22-14(19)20)4-10(2-5)13(17)18/h1-4H2. The maximum absolute atomic E-state index is 13.1. The highest BCUT2D eigenvalue weighted by atomic mass is 19.4. The quantitative estimate of drug-likeness (QED) is 0.334. The van der Waals surface area contributed by atoms with Crippen molar-refractivity contribution in [3.63, 3.8) is 0 Å². The van der Waals surface area contributed by atoms with E-state index in [1.165, 1.54) is 0 Å². The van der Waals surface area contributed by atoms with E-state index in [1.54, 1.807) is 0 Å². The van der Waals surface area contributed by atoms with Gasteiger partial charge in [-0.2, -0.15) is 0 Å². The van der Waals surface area contributed by atoms with Gasteiger partial charge >= 0.3 is 0 Å². The van der Waals surface area contributed by atoms with E-state index < -0.39 is 58.2 Å². The van der Waals surface area contributed by atoms with E-state index in [4.69, 9.17) is 4.74 Å². The first kappa shape index (κ1) is 15.8. The second-order valence-corrected chi connectivity index (χ2v) is 4.63. The Labute approximate surface area is 118 Å². The maximum atomic E-state index is 13.1. The summed E-state index contributed by atoms with van der Waals surface area (Å²) in [5.41, 5.74) is -2.83. The summed E-state index contributed by atoms with van der Waals surface area (Å²) in [6.45, 7) is -4.00. The van der Waals surface area contributed by atoms with Crippen LogP contribution in [0.3, 0.4) is 0 Å². The minimum Gasteiger partial charge on any atom is -0.315 e. The van der Waals surface area contributed by atoms with Crippen molar-refractivity contribution < 1.29 is 33.7 Å². The number of nitrogens with zero attached hydrogens (tertiary/aromatic N) is 6. The molecule has 2 aliphatic heterocycles. The first-order valence-corrected chi connectivity index (χ1v) is 5.53. The zero-order valence-electron chi connectivity index (χ0n) is 10.5. The number of fused-ring (bicyclic) bond motifs is 2. The van der Waals surface area contributed by atoms with Crippen LogP contribution in [0.15, 0.2) is 0 Å². The molecule has 0 atom stereocenters. The van der Waals surface area contributed by atoms with Crippen LogP contribution < -0.4 is 0 Å². The number of hydrogen-bond donors (Lipinski definition) is 0. The van der Waals surface area contributed by atoms with Crippen molar-refractivity contribution in [2.45, 2.75) is 11.5 Å². The maximum Gasteiger partial charge on any atom is 0.297 e. The van der Waals surface area contributed by atoms with Gasteiger partial charge in [-0.3, -0.25) is 4.84 Å². The molecule has 14 nitrogen and oxygen atoms in total. The summed E-state index contributed by atoms with van der Waals surface area (Å²) in [5.74, 6) is -2.60. The Morgan fingerprint density at radius 2 is 1.45 bits per heavy atom. The van der Waals surface area contributed by atoms with Crippen LogP contribution in [-0.4, -0.2) is 68.2 Å². The monoisotopic (exact) mass is 330 g/mol. The summed E-state index contributed by atoms with van der Waals surface area (Å²) < 4.78 is 31.1. The van der Waals surface area contributed by atoms with Crippen molar-refractivity contribution in [1.82, 2.24) is 15.4 Å². The van der Waals surface area contributed by atoms with E-state index >= 15 is 0 Å². The van der Waals surface area contributed by atoms with E-state index in [-0.39, 0.29) is 10.0 Å². The number of morpholine rings is 2. The van der Waals surface area contributed by atoms with Crippen molar-refractivity contribution >= 4 is 0 Å². The fraction of sp³-hybridized carbons (Fsp3) is 1.00. The molecule has 2 bridgehead atoms. The van der Waals surface area contributed by atoms with Crippen LogP contribution in [0.4, 0.5) is 8.96 Å². The van der Waals surface area contributed by atoms with Gasteiger partial charge in [-0.15, -0.1) is 20.1 Å². The molecule has 0 N–H and O–H groups in total. The highest BCUT2D eigenvalue weighted by Gasteiger charge is 2.65. The summed E-state index contributed by atoms with van der Waals surface area (Å²) in [7, 11) is 0. The minimum absolute atomic E-state index is 0.219. The molecule has 22 heavy (non-hydrogen) atoms. The molecule has 0 unspecified atom stereocenters.